The van der Waals surface area contributed by atoms with E-state index in [9.17, 15) is 14.9 Å². The van der Waals surface area contributed by atoms with E-state index in [4.69, 9.17) is 4.74 Å². The Morgan fingerprint density at radius 3 is 2.61 bits per heavy atom. The first kappa shape index (κ1) is 26.4. The molecule has 6 heteroatoms. The molecule has 0 aliphatic heterocycles. The summed E-state index contributed by atoms with van der Waals surface area (Å²) in [5, 5.41) is 15.1. The number of hydrogen-bond donors (Lipinski definition) is 2. The van der Waals surface area contributed by atoms with Gasteiger partial charge in [0.15, 0.2) is 0 Å². The van der Waals surface area contributed by atoms with Crippen LogP contribution in [0.3, 0.4) is 0 Å². The Labute approximate surface area is 198 Å². The predicted octanol–water partition coefficient (Wildman–Crippen LogP) is 5.61. The number of alkyl carbamates (subject to hydrolysis) is 1. The Hall–Kier alpha value is -2.81. The lowest BCUT2D eigenvalue weighted by Gasteiger charge is -2.24. The summed E-state index contributed by atoms with van der Waals surface area (Å²) in [4.78, 5) is 24.3. The van der Waals surface area contributed by atoms with Gasteiger partial charge in [-0.25, -0.2) is 4.79 Å². The highest BCUT2D eigenvalue weighted by molar-refractivity contribution is 5.75. The minimum absolute atomic E-state index is 0.00385. The topological polar surface area (TPSA) is 91.2 Å². The fraction of sp³-hybridized carbons (Fsp3) is 0.593. The highest BCUT2D eigenvalue weighted by atomic mass is 16.6. The van der Waals surface area contributed by atoms with E-state index in [1.807, 2.05) is 32.0 Å². The first-order chi connectivity index (χ1) is 15.9. The van der Waals surface area contributed by atoms with Crippen LogP contribution in [0.5, 0.6) is 0 Å². The average Bonchev–Trinajstić information content (AvgIpc) is 2.78. The average molecular weight is 454 g/mol. The monoisotopic (exact) mass is 453 g/mol. The molecule has 180 valence electrons. The molecular weight excluding hydrogens is 414 g/mol. The molecule has 0 fully saturated rings. The molecule has 0 saturated carbocycles. The molecule has 0 saturated heterocycles. The molecule has 2 atom stereocenters. The normalized spacial score (nSPS) is 18.2. The maximum Gasteiger partial charge on any atom is 0.407 e. The van der Waals surface area contributed by atoms with Crippen molar-refractivity contribution in [3.8, 4) is 6.07 Å². The second-order valence-electron chi connectivity index (χ2n) is 9.48. The predicted molar refractivity (Wildman–Crippen MR) is 131 cm³/mol. The fourth-order valence-electron chi connectivity index (χ4n) is 4.11. The fourth-order valence-corrected chi connectivity index (χ4v) is 4.11. The molecule has 0 aromatic heterocycles. The Bertz CT molecular complexity index is 799. The number of allylic oxidation sites excluding steroid dienone is 2. The van der Waals surface area contributed by atoms with Crippen molar-refractivity contribution in [3.63, 3.8) is 0 Å². The number of rotatable bonds is 11. The van der Waals surface area contributed by atoms with Gasteiger partial charge in [-0.15, -0.1) is 0 Å². The first-order valence-corrected chi connectivity index (χ1v) is 12.2. The maximum absolute atomic E-state index is 12.3. The third kappa shape index (κ3) is 11.1. The van der Waals surface area contributed by atoms with E-state index in [-0.39, 0.29) is 24.0 Å². The summed E-state index contributed by atoms with van der Waals surface area (Å²) in [7, 11) is 0. The van der Waals surface area contributed by atoms with Crippen molar-refractivity contribution in [1.29, 1.82) is 5.26 Å². The standard InChI is InChI=1S/C27H39N3O3/c1-27(2,21-28)20-23(22-12-7-6-8-13-22)16-17-25(31)29-18-11-19-30-26(32)33-24-14-9-4-3-5-10-15-24/h3-4,6-8,12-13,23-24H,5,9-11,14-20H2,1-2H3,(H,29,31)(H,30,32)/b4-3+. The van der Waals surface area contributed by atoms with E-state index in [1.165, 1.54) is 0 Å². The lowest BCUT2D eigenvalue weighted by atomic mass is 9.79. The van der Waals surface area contributed by atoms with E-state index < -0.39 is 5.41 Å². The summed E-state index contributed by atoms with van der Waals surface area (Å²) >= 11 is 0. The maximum atomic E-state index is 12.3. The lowest BCUT2D eigenvalue weighted by Crippen LogP contribution is -2.32. The van der Waals surface area contributed by atoms with Crippen LogP contribution in [0.1, 0.15) is 83.1 Å². The minimum Gasteiger partial charge on any atom is -0.446 e. The molecule has 33 heavy (non-hydrogen) atoms. The number of hydrogen-bond acceptors (Lipinski definition) is 4. The molecule has 1 aliphatic carbocycles. The molecule has 6 nitrogen and oxygen atoms in total. The molecule has 2 amide bonds. The molecule has 2 unspecified atom stereocenters. The zero-order valence-corrected chi connectivity index (χ0v) is 20.1. The molecule has 0 bridgehead atoms. The van der Waals surface area contributed by atoms with Crippen molar-refractivity contribution in [3.05, 3.63) is 48.0 Å². The Morgan fingerprint density at radius 2 is 1.85 bits per heavy atom. The second kappa shape index (κ2) is 14.4. The van der Waals surface area contributed by atoms with Crippen LogP contribution in [-0.4, -0.2) is 31.2 Å². The molecule has 2 N–H and O–H groups in total. The van der Waals surface area contributed by atoms with Gasteiger partial charge >= 0.3 is 6.09 Å². The Balaban J connectivity index is 1.64. The van der Waals surface area contributed by atoms with Gasteiger partial charge < -0.3 is 15.4 Å². The smallest absolute Gasteiger partial charge is 0.407 e. The number of carbonyl (C=O) groups is 2. The second-order valence-corrected chi connectivity index (χ2v) is 9.48. The van der Waals surface area contributed by atoms with Gasteiger partial charge in [-0.05, 0) is 76.7 Å². The quantitative estimate of drug-likeness (QED) is 0.336. The largest absolute Gasteiger partial charge is 0.446 e. The van der Waals surface area contributed by atoms with Crippen LogP contribution in [0.15, 0.2) is 42.5 Å². The Morgan fingerprint density at radius 1 is 1.12 bits per heavy atom. The highest BCUT2D eigenvalue weighted by Crippen LogP contribution is 2.34. The van der Waals surface area contributed by atoms with Crippen LogP contribution < -0.4 is 10.6 Å². The van der Waals surface area contributed by atoms with Gasteiger partial charge in [0.05, 0.1) is 11.5 Å². The van der Waals surface area contributed by atoms with Crippen LogP contribution >= 0.6 is 0 Å². The van der Waals surface area contributed by atoms with Gasteiger partial charge in [-0.2, -0.15) is 5.26 Å². The molecule has 1 aliphatic rings. The van der Waals surface area contributed by atoms with Gasteiger partial charge in [0.25, 0.3) is 0 Å². The number of benzene rings is 1. The van der Waals surface area contributed by atoms with Crippen LogP contribution in [0, 0.1) is 16.7 Å². The summed E-state index contributed by atoms with van der Waals surface area (Å²) in [6, 6.07) is 12.5. The van der Waals surface area contributed by atoms with Gasteiger partial charge in [0.2, 0.25) is 5.91 Å². The van der Waals surface area contributed by atoms with E-state index in [0.717, 1.165) is 37.7 Å². The van der Waals surface area contributed by atoms with Crippen molar-refractivity contribution in [2.75, 3.05) is 13.1 Å². The van der Waals surface area contributed by atoms with Gasteiger partial charge in [-0.1, -0.05) is 42.5 Å². The first-order valence-electron chi connectivity index (χ1n) is 12.2. The number of ether oxygens (including phenoxy) is 1. The molecule has 0 spiro atoms. The van der Waals surface area contributed by atoms with Crippen LogP contribution in [0.2, 0.25) is 0 Å². The summed E-state index contributed by atoms with van der Waals surface area (Å²) in [6.07, 6.45) is 11.2. The summed E-state index contributed by atoms with van der Waals surface area (Å²) in [5.41, 5.74) is 0.723. The molecular formula is C27H39N3O3. The minimum atomic E-state index is -0.441. The van der Waals surface area contributed by atoms with E-state index >= 15 is 0 Å². The van der Waals surface area contributed by atoms with Gasteiger partial charge in [0, 0.05) is 19.5 Å². The number of carbonyl (C=O) groups excluding carboxylic acids is 2. The SMILES string of the molecule is CC(C)(C#N)CC(CCC(=O)NCCCNC(=O)OC1CC/C=C/CCC1)c1ccccc1. The van der Waals surface area contributed by atoms with Crippen LogP contribution in [-0.2, 0) is 9.53 Å². The summed E-state index contributed by atoms with van der Waals surface area (Å²) in [6.45, 7) is 4.85. The van der Waals surface area contributed by atoms with E-state index in [0.29, 0.717) is 38.8 Å². The summed E-state index contributed by atoms with van der Waals surface area (Å²) < 4.78 is 5.52. The van der Waals surface area contributed by atoms with Crippen molar-refractivity contribution >= 4 is 12.0 Å². The van der Waals surface area contributed by atoms with Gasteiger partial charge in [0.1, 0.15) is 6.10 Å². The number of nitrogens with zero attached hydrogens (tertiary/aromatic N) is 1. The highest BCUT2D eigenvalue weighted by Gasteiger charge is 2.24. The third-order valence-electron chi connectivity index (χ3n) is 5.99. The molecule has 2 rings (SSSR count). The van der Waals surface area contributed by atoms with Crippen molar-refractivity contribution in [2.24, 2.45) is 5.41 Å². The van der Waals surface area contributed by atoms with Crippen molar-refractivity contribution < 1.29 is 14.3 Å². The Kier molecular flexibility index (Phi) is 11.5. The number of nitriles is 1. The van der Waals surface area contributed by atoms with Crippen molar-refractivity contribution in [1.82, 2.24) is 10.6 Å². The van der Waals surface area contributed by atoms with Crippen LogP contribution in [0.25, 0.3) is 0 Å². The zero-order valence-electron chi connectivity index (χ0n) is 20.1. The van der Waals surface area contributed by atoms with Gasteiger partial charge in [-0.3, -0.25) is 4.79 Å². The van der Waals surface area contributed by atoms with E-state index in [2.05, 4.69) is 41.0 Å². The zero-order chi connectivity index (χ0) is 23.9. The molecule has 1 aromatic rings. The van der Waals surface area contributed by atoms with E-state index in [1.54, 1.807) is 0 Å². The number of amides is 2. The molecule has 0 radical (unpaired) electrons. The number of nitrogens with one attached hydrogen (secondary N) is 2. The third-order valence-corrected chi connectivity index (χ3v) is 5.99. The molecule has 0 heterocycles. The lowest BCUT2D eigenvalue weighted by molar-refractivity contribution is -0.121. The van der Waals surface area contributed by atoms with Crippen molar-refractivity contribution in [2.45, 2.75) is 83.7 Å². The summed E-state index contributed by atoms with van der Waals surface area (Å²) in [5.74, 6) is 0.155. The van der Waals surface area contributed by atoms with Crippen LogP contribution in [0.4, 0.5) is 4.79 Å². The molecule has 1 aromatic carbocycles.